The van der Waals surface area contributed by atoms with Crippen molar-refractivity contribution in [2.75, 3.05) is 12.8 Å². The number of hydrogen-bond acceptors (Lipinski definition) is 2. The third-order valence-corrected chi connectivity index (χ3v) is 4.69. The number of rotatable bonds is 6. The number of thioether (sulfide) groups is 1. The van der Waals surface area contributed by atoms with Gasteiger partial charge in [0, 0.05) is 20.8 Å². The zero-order valence-corrected chi connectivity index (χ0v) is 13.6. The van der Waals surface area contributed by atoms with Gasteiger partial charge in [-0.2, -0.15) is 11.8 Å². The Hall–Kier alpha value is 0.300. The largest absolute Gasteiger partial charge is 0.310 e. The lowest BCUT2D eigenvalue weighted by atomic mass is 10.1. The van der Waals surface area contributed by atoms with Gasteiger partial charge in [0.1, 0.15) is 0 Å². The SMILES string of the molecule is CSC(C)CCNC(C)c1ccc(Br)cc1Cl. The van der Waals surface area contributed by atoms with Gasteiger partial charge in [0.25, 0.3) is 0 Å². The summed E-state index contributed by atoms with van der Waals surface area (Å²) in [5, 5.41) is 5.03. The van der Waals surface area contributed by atoms with Crippen LogP contribution in [0.5, 0.6) is 0 Å². The van der Waals surface area contributed by atoms with Crippen molar-refractivity contribution < 1.29 is 0 Å². The lowest BCUT2D eigenvalue weighted by molar-refractivity contribution is 0.558. The molecule has 96 valence electrons. The van der Waals surface area contributed by atoms with Crippen molar-refractivity contribution in [3.63, 3.8) is 0 Å². The second-order valence-electron chi connectivity index (χ2n) is 4.18. The number of benzene rings is 1. The average molecular weight is 337 g/mol. The molecule has 0 aliphatic rings. The molecular formula is C13H19BrClNS. The van der Waals surface area contributed by atoms with Crippen LogP contribution in [-0.4, -0.2) is 18.1 Å². The Morgan fingerprint density at radius 3 is 2.71 bits per heavy atom. The molecule has 0 saturated carbocycles. The van der Waals surface area contributed by atoms with Crippen LogP contribution in [0.1, 0.15) is 31.9 Å². The zero-order chi connectivity index (χ0) is 12.8. The fourth-order valence-corrected chi connectivity index (χ4v) is 2.77. The summed E-state index contributed by atoms with van der Waals surface area (Å²) in [6.07, 6.45) is 3.33. The maximum Gasteiger partial charge on any atom is 0.0464 e. The first-order chi connectivity index (χ1) is 8.04. The molecule has 1 N–H and O–H groups in total. The van der Waals surface area contributed by atoms with Crippen LogP contribution in [0.15, 0.2) is 22.7 Å². The predicted molar refractivity (Wildman–Crippen MR) is 83.2 cm³/mol. The van der Waals surface area contributed by atoms with E-state index in [1.165, 1.54) is 6.42 Å². The van der Waals surface area contributed by atoms with Crippen molar-refractivity contribution in [2.24, 2.45) is 0 Å². The van der Waals surface area contributed by atoms with Crippen LogP contribution in [0.25, 0.3) is 0 Å². The van der Waals surface area contributed by atoms with Gasteiger partial charge in [0.15, 0.2) is 0 Å². The topological polar surface area (TPSA) is 12.0 Å². The Balaban J connectivity index is 2.49. The van der Waals surface area contributed by atoms with Gasteiger partial charge >= 0.3 is 0 Å². The van der Waals surface area contributed by atoms with E-state index in [-0.39, 0.29) is 0 Å². The normalized spacial score (nSPS) is 14.6. The summed E-state index contributed by atoms with van der Waals surface area (Å²) in [6, 6.07) is 6.34. The summed E-state index contributed by atoms with van der Waals surface area (Å²) in [7, 11) is 0. The highest BCUT2D eigenvalue weighted by atomic mass is 79.9. The standard InChI is InChI=1S/C13H19BrClNS/c1-9(17-3)6-7-16-10(2)12-5-4-11(14)8-13(12)15/h4-5,8-10,16H,6-7H2,1-3H3. The van der Waals surface area contributed by atoms with Gasteiger partial charge in [0.2, 0.25) is 0 Å². The summed E-state index contributed by atoms with van der Waals surface area (Å²) in [4.78, 5) is 0. The first-order valence-corrected chi connectivity index (χ1v) is 8.21. The molecule has 2 atom stereocenters. The van der Waals surface area contributed by atoms with E-state index >= 15 is 0 Å². The minimum atomic E-state index is 0.296. The van der Waals surface area contributed by atoms with Crippen LogP contribution >= 0.6 is 39.3 Å². The molecule has 0 bridgehead atoms. The Bertz CT molecular complexity index is 359. The second-order valence-corrected chi connectivity index (χ2v) is 6.78. The van der Waals surface area contributed by atoms with Crippen LogP contribution in [0.2, 0.25) is 5.02 Å². The Morgan fingerprint density at radius 2 is 2.12 bits per heavy atom. The number of nitrogens with one attached hydrogen (secondary N) is 1. The van der Waals surface area contributed by atoms with E-state index in [4.69, 9.17) is 11.6 Å². The molecule has 1 aromatic rings. The molecule has 4 heteroatoms. The molecular weight excluding hydrogens is 318 g/mol. The van der Waals surface area contributed by atoms with Gasteiger partial charge in [-0.3, -0.25) is 0 Å². The molecule has 0 amide bonds. The minimum Gasteiger partial charge on any atom is -0.310 e. The molecule has 0 aliphatic heterocycles. The minimum absolute atomic E-state index is 0.296. The molecule has 0 fully saturated rings. The van der Waals surface area contributed by atoms with E-state index in [0.717, 1.165) is 21.6 Å². The molecule has 0 aliphatic carbocycles. The van der Waals surface area contributed by atoms with Gasteiger partial charge in [0.05, 0.1) is 0 Å². The molecule has 0 heterocycles. The Morgan fingerprint density at radius 1 is 1.41 bits per heavy atom. The van der Waals surface area contributed by atoms with Gasteiger partial charge in [-0.25, -0.2) is 0 Å². The molecule has 1 rings (SSSR count). The molecule has 1 aromatic carbocycles. The third-order valence-electron chi connectivity index (χ3n) is 2.83. The summed E-state index contributed by atoms with van der Waals surface area (Å²) >= 11 is 11.5. The van der Waals surface area contributed by atoms with E-state index in [1.54, 1.807) is 0 Å². The average Bonchev–Trinajstić information content (AvgIpc) is 2.28. The van der Waals surface area contributed by atoms with Crippen LogP contribution in [-0.2, 0) is 0 Å². The smallest absolute Gasteiger partial charge is 0.0464 e. The van der Waals surface area contributed by atoms with Crippen molar-refractivity contribution >= 4 is 39.3 Å². The lowest BCUT2D eigenvalue weighted by Crippen LogP contribution is -2.22. The van der Waals surface area contributed by atoms with Crippen molar-refractivity contribution in [1.29, 1.82) is 0 Å². The molecule has 17 heavy (non-hydrogen) atoms. The summed E-state index contributed by atoms with van der Waals surface area (Å²) in [5.41, 5.74) is 1.16. The summed E-state index contributed by atoms with van der Waals surface area (Å²) in [6.45, 7) is 5.43. The first kappa shape index (κ1) is 15.4. The summed E-state index contributed by atoms with van der Waals surface area (Å²) < 4.78 is 1.02. The van der Waals surface area contributed by atoms with Crippen molar-refractivity contribution in [1.82, 2.24) is 5.32 Å². The molecule has 0 aromatic heterocycles. The van der Waals surface area contributed by atoms with E-state index in [0.29, 0.717) is 11.3 Å². The predicted octanol–water partition coefficient (Wildman–Crippen LogP) is 4.89. The van der Waals surface area contributed by atoms with Crippen molar-refractivity contribution in [3.8, 4) is 0 Å². The monoisotopic (exact) mass is 335 g/mol. The van der Waals surface area contributed by atoms with E-state index in [2.05, 4.69) is 47.4 Å². The van der Waals surface area contributed by atoms with Crippen molar-refractivity contribution in [2.45, 2.75) is 31.6 Å². The zero-order valence-electron chi connectivity index (χ0n) is 10.5. The van der Waals surface area contributed by atoms with Crippen molar-refractivity contribution in [3.05, 3.63) is 33.3 Å². The molecule has 0 saturated heterocycles. The van der Waals surface area contributed by atoms with E-state index in [9.17, 15) is 0 Å². The van der Waals surface area contributed by atoms with Gasteiger partial charge < -0.3 is 5.32 Å². The van der Waals surface area contributed by atoms with Crippen LogP contribution in [0, 0.1) is 0 Å². The van der Waals surface area contributed by atoms with Crippen LogP contribution in [0.4, 0.5) is 0 Å². The second kappa shape index (κ2) is 7.67. The summed E-state index contributed by atoms with van der Waals surface area (Å²) in [5.74, 6) is 0. The highest BCUT2D eigenvalue weighted by Crippen LogP contribution is 2.26. The van der Waals surface area contributed by atoms with Gasteiger partial charge in [-0.1, -0.05) is 40.5 Å². The molecule has 0 spiro atoms. The molecule has 1 nitrogen and oxygen atoms in total. The van der Waals surface area contributed by atoms with Crippen LogP contribution in [0.3, 0.4) is 0 Å². The Labute approximate surface area is 122 Å². The van der Waals surface area contributed by atoms with Crippen LogP contribution < -0.4 is 5.32 Å². The van der Waals surface area contributed by atoms with E-state index < -0.39 is 0 Å². The molecule has 2 unspecified atom stereocenters. The first-order valence-electron chi connectivity index (χ1n) is 5.75. The fraction of sp³-hybridized carbons (Fsp3) is 0.538. The number of halogens is 2. The van der Waals surface area contributed by atoms with Gasteiger partial charge in [-0.15, -0.1) is 0 Å². The fourth-order valence-electron chi connectivity index (χ4n) is 1.58. The maximum absolute atomic E-state index is 6.22. The highest BCUT2D eigenvalue weighted by molar-refractivity contribution is 9.10. The third kappa shape index (κ3) is 5.21. The van der Waals surface area contributed by atoms with Gasteiger partial charge in [-0.05, 0) is 43.8 Å². The van der Waals surface area contributed by atoms with E-state index in [1.807, 2.05) is 23.9 Å². The lowest BCUT2D eigenvalue weighted by Gasteiger charge is -2.17. The molecule has 0 radical (unpaired) electrons. The maximum atomic E-state index is 6.22. The highest BCUT2D eigenvalue weighted by Gasteiger charge is 2.09. The number of hydrogen-bond donors (Lipinski definition) is 1. The quantitative estimate of drug-likeness (QED) is 0.793. The Kier molecular flexibility index (Phi) is 6.93.